The van der Waals surface area contributed by atoms with E-state index in [1.54, 1.807) is 35.2 Å². The number of aromatic amines is 1. The van der Waals surface area contributed by atoms with Crippen LogP contribution in [0.4, 0.5) is 4.79 Å². The van der Waals surface area contributed by atoms with E-state index in [2.05, 4.69) is 15.6 Å². The summed E-state index contributed by atoms with van der Waals surface area (Å²) in [6.07, 6.45) is -1.43. The summed E-state index contributed by atoms with van der Waals surface area (Å²) in [5.41, 5.74) is 4.29. The number of phenols is 1. The van der Waals surface area contributed by atoms with Gasteiger partial charge in [0.15, 0.2) is 0 Å². The molecule has 1 aromatic heterocycles. The van der Waals surface area contributed by atoms with E-state index in [1.807, 2.05) is 84.9 Å². The monoisotopic (exact) mass is 760 g/mol. The summed E-state index contributed by atoms with van der Waals surface area (Å²) in [6.45, 7) is 1.75. The van der Waals surface area contributed by atoms with Crippen molar-refractivity contribution in [2.75, 3.05) is 19.6 Å². The van der Waals surface area contributed by atoms with Crippen LogP contribution in [0, 0.1) is 0 Å². The molecule has 0 aliphatic rings. The van der Waals surface area contributed by atoms with E-state index >= 15 is 0 Å². The molecule has 6 rings (SSSR count). The van der Waals surface area contributed by atoms with E-state index in [-0.39, 0.29) is 35.9 Å². The van der Waals surface area contributed by atoms with Crippen molar-refractivity contribution in [3.05, 3.63) is 176 Å². The number of halogens is 1. The first kappa shape index (κ1) is 38.6. The Morgan fingerprint density at radius 2 is 1.60 bits per heavy atom. The van der Waals surface area contributed by atoms with Gasteiger partial charge in [-0.2, -0.15) is 0 Å². The molecule has 2 atom stereocenters. The number of hydrogen-bond acceptors (Lipinski definition) is 7. The minimum absolute atomic E-state index is 0.0727. The minimum Gasteiger partial charge on any atom is -0.506 e. The Bertz CT molecular complexity index is 2300. The van der Waals surface area contributed by atoms with Crippen LogP contribution in [0.2, 0.25) is 5.02 Å². The molecule has 0 saturated carbocycles. The van der Waals surface area contributed by atoms with Crippen molar-refractivity contribution in [1.29, 1.82) is 0 Å². The largest absolute Gasteiger partial charge is 0.506 e. The number of H-pyrrole nitrogens is 1. The van der Waals surface area contributed by atoms with Gasteiger partial charge in [-0.05, 0) is 89.3 Å². The number of aromatic nitrogens is 1. The Labute approximate surface area is 322 Å². The van der Waals surface area contributed by atoms with E-state index in [4.69, 9.17) is 16.3 Å². The first-order valence-electron chi connectivity index (χ1n) is 17.8. The van der Waals surface area contributed by atoms with Crippen molar-refractivity contribution in [1.82, 2.24) is 20.5 Å². The molecule has 6 N–H and O–H groups in total. The molecule has 0 aliphatic carbocycles. The van der Waals surface area contributed by atoms with E-state index in [1.165, 1.54) is 12.1 Å². The number of ether oxygens (including phenoxy) is 1. The highest BCUT2D eigenvalue weighted by atomic mass is 35.5. The van der Waals surface area contributed by atoms with Gasteiger partial charge < -0.3 is 40.6 Å². The van der Waals surface area contributed by atoms with Gasteiger partial charge in [-0.25, -0.2) is 4.79 Å². The van der Waals surface area contributed by atoms with Crippen LogP contribution < -0.4 is 20.9 Å². The molecule has 0 fully saturated rings. The lowest BCUT2D eigenvalue weighted by Gasteiger charge is -2.24. The van der Waals surface area contributed by atoms with Crippen LogP contribution in [0.25, 0.3) is 10.9 Å². The van der Waals surface area contributed by atoms with E-state index in [0.717, 1.165) is 22.3 Å². The van der Waals surface area contributed by atoms with Gasteiger partial charge in [0.25, 0.3) is 5.91 Å². The molecule has 0 unspecified atom stereocenters. The maximum Gasteiger partial charge on any atom is 0.405 e. The number of carbonyl (C=O) groups is 2. The number of aliphatic hydroxyl groups excluding tert-OH is 1. The lowest BCUT2D eigenvalue weighted by molar-refractivity contribution is 0.0740. The van der Waals surface area contributed by atoms with Gasteiger partial charge in [0, 0.05) is 41.7 Å². The highest BCUT2D eigenvalue weighted by Crippen LogP contribution is 2.29. The lowest BCUT2D eigenvalue weighted by atomic mass is 9.98. The summed E-state index contributed by atoms with van der Waals surface area (Å²) in [6, 6.07) is 36.7. The van der Waals surface area contributed by atoms with Crippen LogP contribution in [0.5, 0.6) is 11.5 Å². The Hall–Kier alpha value is -6.14. The maximum atomic E-state index is 13.9. The average Bonchev–Trinajstić information content (AvgIpc) is 3.19. The quantitative estimate of drug-likeness (QED) is 0.0565. The smallest absolute Gasteiger partial charge is 0.405 e. The standard InChI is InChI=1S/C43H41ClN4O7/c44-33-11-4-7-29(23-33)26-48(22-6-21-45-25-38(50)35-17-19-37(49)41-36(35)18-20-39(51)46-41)42(52)31-15-13-28(14-16-31)27-55-34-12-5-10-32(24-34)40(47-43(53)54)30-8-2-1-3-9-30/h1-5,7-20,23-24,38,40,45,47,49-50H,6,21-22,25-27H2,(H,46,51)(H,53,54)/t38-,40-/m0/s1. The molecule has 12 heteroatoms. The third-order valence-electron chi connectivity index (χ3n) is 9.13. The average molecular weight is 761 g/mol. The molecule has 0 aliphatic heterocycles. The van der Waals surface area contributed by atoms with Crippen LogP contribution in [0.1, 0.15) is 56.7 Å². The topological polar surface area (TPSA) is 164 Å². The molecule has 6 aromatic rings. The minimum atomic E-state index is -1.13. The predicted octanol–water partition coefficient (Wildman–Crippen LogP) is 7.18. The number of carbonyl (C=O) groups excluding carboxylic acids is 1. The highest BCUT2D eigenvalue weighted by molar-refractivity contribution is 6.30. The molecule has 0 radical (unpaired) electrons. The van der Waals surface area contributed by atoms with E-state index < -0.39 is 18.2 Å². The van der Waals surface area contributed by atoms with Crippen LogP contribution in [-0.4, -0.2) is 56.8 Å². The summed E-state index contributed by atoms with van der Waals surface area (Å²) in [7, 11) is 0. The fourth-order valence-corrected chi connectivity index (χ4v) is 6.62. The van der Waals surface area contributed by atoms with Gasteiger partial charge in [0.1, 0.15) is 18.1 Å². The van der Waals surface area contributed by atoms with E-state index in [0.29, 0.717) is 53.3 Å². The van der Waals surface area contributed by atoms with Crippen LogP contribution in [0.15, 0.2) is 132 Å². The number of amides is 2. The third kappa shape index (κ3) is 10.3. The number of hydrogen-bond donors (Lipinski definition) is 6. The Balaban J connectivity index is 1.07. The SMILES string of the molecule is O=C(O)N[C@@H](c1ccccc1)c1cccc(OCc2ccc(C(=O)N(CCCNC[C@H](O)c3ccc(O)c4[nH]c(=O)ccc34)Cc3cccc(Cl)c3)cc2)c1. The molecule has 0 saturated heterocycles. The zero-order valence-electron chi connectivity index (χ0n) is 29.8. The first-order chi connectivity index (χ1) is 26.6. The number of benzene rings is 5. The van der Waals surface area contributed by atoms with Crippen LogP contribution in [-0.2, 0) is 13.2 Å². The second-order valence-corrected chi connectivity index (χ2v) is 13.5. The zero-order valence-corrected chi connectivity index (χ0v) is 30.6. The number of nitrogens with one attached hydrogen (secondary N) is 3. The first-order valence-corrected chi connectivity index (χ1v) is 18.2. The fraction of sp³-hybridized carbons (Fsp3) is 0.186. The van der Waals surface area contributed by atoms with Gasteiger partial charge in [-0.15, -0.1) is 0 Å². The van der Waals surface area contributed by atoms with Crippen molar-refractivity contribution in [3.63, 3.8) is 0 Å². The van der Waals surface area contributed by atoms with Crippen molar-refractivity contribution in [3.8, 4) is 11.5 Å². The van der Waals surface area contributed by atoms with Gasteiger partial charge in [0.05, 0.1) is 17.7 Å². The lowest BCUT2D eigenvalue weighted by Crippen LogP contribution is -2.33. The zero-order chi connectivity index (χ0) is 38.7. The Morgan fingerprint density at radius 3 is 2.36 bits per heavy atom. The van der Waals surface area contributed by atoms with Gasteiger partial charge in [0.2, 0.25) is 5.56 Å². The molecule has 5 aromatic carbocycles. The molecule has 0 spiro atoms. The molecule has 55 heavy (non-hydrogen) atoms. The Morgan fingerprint density at radius 1 is 0.836 bits per heavy atom. The number of nitrogens with zero attached hydrogens (tertiary/aromatic N) is 1. The molecule has 282 valence electrons. The second-order valence-electron chi connectivity index (χ2n) is 13.1. The molecule has 2 amide bonds. The highest BCUT2D eigenvalue weighted by Gasteiger charge is 2.19. The molecular weight excluding hydrogens is 720 g/mol. The normalized spacial score (nSPS) is 12.2. The molecule has 11 nitrogen and oxygen atoms in total. The summed E-state index contributed by atoms with van der Waals surface area (Å²) >= 11 is 6.26. The van der Waals surface area contributed by atoms with Crippen molar-refractivity contribution in [2.24, 2.45) is 0 Å². The number of aromatic hydroxyl groups is 1. The number of phenolic OH excluding ortho intramolecular Hbond substituents is 1. The summed E-state index contributed by atoms with van der Waals surface area (Å²) < 4.78 is 6.08. The van der Waals surface area contributed by atoms with Crippen molar-refractivity contribution < 1.29 is 29.6 Å². The van der Waals surface area contributed by atoms with E-state index in [9.17, 15) is 29.7 Å². The predicted molar refractivity (Wildman–Crippen MR) is 212 cm³/mol. The third-order valence-corrected chi connectivity index (χ3v) is 9.37. The molecule has 1 heterocycles. The number of carboxylic acid groups (broad SMARTS) is 1. The number of aliphatic hydroxyl groups is 1. The van der Waals surface area contributed by atoms with Crippen LogP contribution >= 0.6 is 11.6 Å². The summed E-state index contributed by atoms with van der Waals surface area (Å²) in [4.78, 5) is 41.6. The molecule has 0 bridgehead atoms. The summed E-state index contributed by atoms with van der Waals surface area (Å²) in [5, 5.41) is 37.5. The fourth-order valence-electron chi connectivity index (χ4n) is 6.41. The summed E-state index contributed by atoms with van der Waals surface area (Å²) in [5.74, 6) is 0.353. The molecular formula is C43H41ClN4O7. The van der Waals surface area contributed by atoms with Gasteiger partial charge in [-0.1, -0.05) is 84.4 Å². The van der Waals surface area contributed by atoms with Crippen LogP contribution in [0.3, 0.4) is 0 Å². The number of pyridine rings is 1. The van der Waals surface area contributed by atoms with Gasteiger partial charge >= 0.3 is 6.09 Å². The number of rotatable bonds is 16. The van der Waals surface area contributed by atoms with Crippen molar-refractivity contribution >= 4 is 34.5 Å². The number of fused-ring (bicyclic) bond motifs is 1. The van der Waals surface area contributed by atoms with Gasteiger partial charge in [-0.3, -0.25) is 9.59 Å². The Kier molecular flexibility index (Phi) is 12.8. The maximum absolute atomic E-state index is 13.9. The van der Waals surface area contributed by atoms with Crippen molar-refractivity contribution in [2.45, 2.75) is 31.7 Å². The second kappa shape index (κ2) is 18.3.